The van der Waals surface area contributed by atoms with Crippen LogP contribution in [0.25, 0.3) is 0 Å². The smallest absolute Gasteiger partial charge is 0.279 e. The molecule has 1 atom stereocenters. The zero-order valence-corrected chi connectivity index (χ0v) is 15.8. The summed E-state index contributed by atoms with van der Waals surface area (Å²) in [7, 11) is 0. The molecule has 3 aliphatic rings. The first-order valence-electron chi connectivity index (χ1n) is 8.69. The summed E-state index contributed by atoms with van der Waals surface area (Å²) < 4.78 is 16.0. The van der Waals surface area contributed by atoms with Gasteiger partial charge in [-0.2, -0.15) is 0 Å². The van der Waals surface area contributed by atoms with Crippen molar-refractivity contribution in [1.29, 1.82) is 0 Å². The molecule has 2 N–H and O–H groups in total. The van der Waals surface area contributed by atoms with E-state index in [9.17, 15) is 14.9 Å². The Labute approximate surface area is 165 Å². The number of morpholine rings is 1. The SMILES string of the molecule is CC1=C(C(=O)N2CCOCC2)C(c2cc3c(cc2[N+](=O)[O-])OCO3)NC(=S)N1. The number of hydrogen-bond acceptors (Lipinski definition) is 7. The van der Waals surface area contributed by atoms with Crippen LogP contribution in [-0.4, -0.2) is 53.9 Å². The molecule has 0 saturated carbocycles. The van der Waals surface area contributed by atoms with Gasteiger partial charge in [0.2, 0.25) is 6.79 Å². The van der Waals surface area contributed by atoms with Crippen molar-refractivity contribution in [2.24, 2.45) is 0 Å². The molecule has 1 saturated heterocycles. The van der Waals surface area contributed by atoms with Gasteiger partial charge in [0.1, 0.15) is 0 Å². The summed E-state index contributed by atoms with van der Waals surface area (Å²) in [5, 5.41) is 17.9. The number of amides is 1. The Hall–Kier alpha value is -2.92. The zero-order chi connectivity index (χ0) is 19.8. The quantitative estimate of drug-likeness (QED) is 0.430. The molecule has 0 aliphatic carbocycles. The van der Waals surface area contributed by atoms with Gasteiger partial charge < -0.3 is 29.7 Å². The number of thiocarbonyl (C=S) groups is 1. The van der Waals surface area contributed by atoms with E-state index in [-0.39, 0.29) is 29.1 Å². The van der Waals surface area contributed by atoms with Crippen LogP contribution in [0.15, 0.2) is 23.4 Å². The number of carbonyl (C=O) groups is 1. The lowest BCUT2D eigenvalue weighted by Crippen LogP contribution is -2.49. The van der Waals surface area contributed by atoms with Crippen LogP contribution in [0, 0.1) is 10.1 Å². The molecule has 3 heterocycles. The minimum absolute atomic E-state index is 0.0115. The van der Waals surface area contributed by atoms with Gasteiger partial charge in [-0.05, 0) is 25.2 Å². The molecule has 1 fully saturated rings. The Bertz CT molecular complexity index is 896. The van der Waals surface area contributed by atoms with Crippen LogP contribution < -0.4 is 20.1 Å². The molecule has 1 aromatic rings. The van der Waals surface area contributed by atoms with E-state index in [1.807, 2.05) is 0 Å². The molecule has 28 heavy (non-hydrogen) atoms. The van der Waals surface area contributed by atoms with Gasteiger partial charge in [0.25, 0.3) is 11.6 Å². The van der Waals surface area contributed by atoms with Gasteiger partial charge in [-0.15, -0.1) is 0 Å². The summed E-state index contributed by atoms with van der Waals surface area (Å²) in [5.74, 6) is 0.469. The Morgan fingerprint density at radius 2 is 1.96 bits per heavy atom. The molecule has 0 spiro atoms. The molecule has 3 aliphatic heterocycles. The predicted octanol–water partition coefficient (Wildman–Crippen LogP) is 0.975. The van der Waals surface area contributed by atoms with E-state index in [0.29, 0.717) is 49.1 Å². The molecule has 1 amide bonds. The molecule has 0 bridgehead atoms. The Kier molecular flexibility index (Phi) is 4.77. The van der Waals surface area contributed by atoms with Gasteiger partial charge in [-0.25, -0.2) is 0 Å². The summed E-state index contributed by atoms with van der Waals surface area (Å²) >= 11 is 5.24. The van der Waals surface area contributed by atoms with Gasteiger partial charge in [0, 0.05) is 18.8 Å². The van der Waals surface area contributed by atoms with Crippen molar-refractivity contribution < 1.29 is 23.9 Å². The van der Waals surface area contributed by atoms with E-state index in [1.54, 1.807) is 11.8 Å². The lowest BCUT2D eigenvalue weighted by Gasteiger charge is -2.34. The first-order valence-corrected chi connectivity index (χ1v) is 9.09. The lowest BCUT2D eigenvalue weighted by atomic mass is 9.92. The van der Waals surface area contributed by atoms with E-state index in [1.165, 1.54) is 12.1 Å². The monoisotopic (exact) mass is 406 g/mol. The second-order valence-corrected chi connectivity index (χ2v) is 6.90. The van der Waals surface area contributed by atoms with Crippen LogP contribution in [0.5, 0.6) is 11.5 Å². The van der Waals surface area contributed by atoms with E-state index in [2.05, 4.69) is 10.6 Å². The number of fused-ring (bicyclic) bond motifs is 1. The van der Waals surface area contributed by atoms with E-state index >= 15 is 0 Å². The van der Waals surface area contributed by atoms with Gasteiger partial charge in [0.05, 0.1) is 41.4 Å². The molecule has 1 unspecified atom stereocenters. The van der Waals surface area contributed by atoms with Crippen LogP contribution >= 0.6 is 12.2 Å². The molecule has 148 valence electrons. The van der Waals surface area contributed by atoms with Crippen molar-refractivity contribution in [3.8, 4) is 11.5 Å². The van der Waals surface area contributed by atoms with Gasteiger partial charge >= 0.3 is 0 Å². The third-order valence-corrected chi connectivity index (χ3v) is 5.05. The van der Waals surface area contributed by atoms with Crippen molar-refractivity contribution >= 4 is 28.9 Å². The zero-order valence-electron chi connectivity index (χ0n) is 15.0. The van der Waals surface area contributed by atoms with E-state index < -0.39 is 11.0 Å². The van der Waals surface area contributed by atoms with Crippen molar-refractivity contribution in [2.45, 2.75) is 13.0 Å². The highest BCUT2D eigenvalue weighted by Gasteiger charge is 2.38. The average molecular weight is 406 g/mol. The number of allylic oxidation sites excluding steroid dienone is 1. The summed E-state index contributed by atoms with van der Waals surface area (Å²) in [5.41, 5.74) is 1.04. The van der Waals surface area contributed by atoms with Crippen molar-refractivity contribution in [1.82, 2.24) is 15.5 Å². The molecule has 1 aromatic carbocycles. The third kappa shape index (κ3) is 3.22. The first-order chi connectivity index (χ1) is 13.5. The number of ether oxygens (including phenoxy) is 3. The lowest BCUT2D eigenvalue weighted by molar-refractivity contribution is -0.385. The minimum atomic E-state index is -0.793. The topological polar surface area (TPSA) is 115 Å². The summed E-state index contributed by atoms with van der Waals surface area (Å²) in [6.45, 7) is 3.53. The minimum Gasteiger partial charge on any atom is -0.454 e. The molecule has 4 rings (SSSR count). The van der Waals surface area contributed by atoms with Gasteiger partial charge in [-0.1, -0.05) is 0 Å². The highest BCUT2D eigenvalue weighted by molar-refractivity contribution is 7.80. The number of nitro benzene ring substituents is 1. The van der Waals surface area contributed by atoms with Gasteiger partial charge in [0.15, 0.2) is 16.6 Å². The second kappa shape index (κ2) is 7.24. The highest BCUT2D eigenvalue weighted by Crippen LogP contribution is 2.42. The number of nitrogens with one attached hydrogen (secondary N) is 2. The predicted molar refractivity (Wildman–Crippen MR) is 101 cm³/mol. The Morgan fingerprint density at radius 3 is 2.64 bits per heavy atom. The maximum Gasteiger partial charge on any atom is 0.279 e. The van der Waals surface area contributed by atoms with Gasteiger partial charge in [-0.3, -0.25) is 14.9 Å². The first kappa shape index (κ1) is 18.4. The summed E-state index contributed by atoms with van der Waals surface area (Å²) in [6, 6.07) is 2.06. The molecule has 10 nitrogen and oxygen atoms in total. The Balaban J connectivity index is 1.80. The average Bonchev–Trinajstić information content (AvgIpc) is 3.14. The fourth-order valence-corrected chi connectivity index (χ4v) is 3.75. The normalized spacial score (nSPS) is 21.2. The standard InChI is InChI=1S/C17H18N4O6S/c1-9-14(16(22)20-2-4-25-5-3-20)15(19-17(28)18-9)10-6-12-13(27-8-26-12)7-11(10)21(23)24/h6-7,15H,2-5,8H2,1H3,(H2,18,19,28). The summed E-state index contributed by atoms with van der Waals surface area (Å²) in [6.07, 6.45) is 0. The van der Waals surface area contributed by atoms with Crippen LogP contribution in [-0.2, 0) is 9.53 Å². The molecule has 11 heteroatoms. The highest BCUT2D eigenvalue weighted by atomic mass is 32.1. The molecular formula is C17H18N4O6S. The van der Waals surface area contributed by atoms with Crippen LogP contribution in [0.1, 0.15) is 18.5 Å². The molecular weight excluding hydrogens is 388 g/mol. The number of carbonyl (C=O) groups excluding carboxylic acids is 1. The largest absolute Gasteiger partial charge is 0.454 e. The third-order valence-electron chi connectivity index (χ3n) is 4.83. The van der Waals surface area contributed by atoms with Crippen LogP contribution in [0.2, 0.25) is 0 Å². The Morgan fingerprint density at radius 1 is 1.29 bits per heavy atom. The number of hydrogen-bond donors (Lipinski definition) is 2. The second-order valence-electron chi connectivity index (χ2n) is 6.50. The summed E-state index contributed by atoms with van der Waals surface area (Å²) in [4.78, 5) is 26.1. The van der Waals surface area contributed by atoms with Crippen molar-refractivity contribution in [2.75, 3.05) is 33.1 Å². The maximum atomic E-state index is 13.2. The number of nitro groups is 1. The maximum absolute atomic E-state index is 13.2. The number of rotatable bonds is 3. The van der Waals surface area contributed by atoms with Crippen molar-refractivity contribution in [3.63, 3.8) is 0 Å². The van der Waals surface area contributed by atoms with Crippen LogP contribution in [0.4, 0.5) is 5.69 Å². The fraction of sp³-hybridized carbons (Fsp3) is 0.412. The van der Waals surface area contributed by atoms with Crippen molar-refractivity contribution in [3.05, 3.63) is 39.1 Å². The number of benzene rings is 1. The fourth-order valence-electron chi connectivity index (χ4n) is 3.48. The molecule has 0 radical (unpaired) electrons. The number of nitrogens with zero attached hydrogens (tertiary/aromatic N) is 2. The van der Waals surface area contributed by atoms with Crippen LogP contribution in [0.3, 0.4) is 0 Å². The van der Waals surface area contributed by atoms with E-state index in [4.69, 9.17) is 26.4 Å². The van der Waals surface area contributed by atoms with E-state index in [0.717, 1.165) is 0 Å². The molecule has 0 aromatic heterocycles.